The van der Waals surface area contributed by atoms with Gasteiger partial charge in [-0.05, 0) is 6.92 Å². The molecule has 0 aliphatic heterocycles. The Bertz CT molecular complexity index is 487. The van der Waals surface area contributed by atoms with Crippen LogP contribution in [0.15, 0.2) is 0 Å². The van der Waals surface area contributed by atoms with Gasteiger partial charge in [0.15, 0.2) is 0 Å². The van der Waals surface area contributed by atoms with Crippen LogP contribution in [0.1, 0.15) is 19.8 Å². The third-order valence-electron chi connectivity index (χ3n) is 3.47. The van der Waals surface area contributed by atoms with Gasteiger partial charge < -0.3 is 36.3 Å². The Kier molecular flexibility index (Phi) is 11.9. The zero-order chi connectivity index (χ0) is 20.1. The molecule has 0 aliphatic carbocycles. The Morgan fingerprint density at radius 3 is 2.23 bits per heavy atom. The summed E-state index contributed by atoms with van der Waals surface area (Å²) in [6, 6.07) is -1.87. The predicted molar refractivity (Wildman–Crippen MR) is 90.9 cm³/mol. The normalized spacial score (nSPS) is 12.9. The first kappa shape index (κ1) is 23.8. The van der Waals surface area contributed by atoms with Gasteiger partial charge in [-0.25, -0.2) is 4.79 Å². The summed E-state index contributed by atoms with van der Waals surface area (Å²) in [5.41, 5.74) is 10.4. The first-order valence-corrected chi connectivity index (χ1v) is 8.12. The van der Waals surface area contributed by atoms with E-state index in [0.29, 0.717) is 0 Å². The Morgan fingerprint density at radius 1 is 1.12 bits per heavy atom. The number of carbonyl (C=O) groups is 4. The van der Waals surface area contributed by atoms with Gasteiger partial charge in [0.1, 0.15) is 6.04 Å². The van der Waals surface area contributed by atoms with E-state index in [1.165, 1.54) is 14.0 Å². The highest BCUT2D eigenvalue weighted by Crippen LogP contribution is 1.99. The molecule has 2 unspecified atom stereocenters. The van der Waals surface area contributed by atoms with E-state index < -0.39 is 29.9 Å². The highest BCUT2D eigenvalue weighted by molar-refractivity contribution is 5.87. The fraction of sp³-hybridized carbons (Fsp3) is 0.733. The standard InChI is InChI=1S/C15H28N4O7/c1-10(15(23)24)19(2)13(21)3-5-25-7-8-26-6-4-18-14(22)11(16)9-12(17)20/h10-11H,3-9,16H2,1-2H3,(H2,17,20)(H,18,22)(H,23,24). The van der Waals surface area contributed by atoms with Crippen LogP contribution in [-0.4, -0.2) is 85.8 Å². The zero-order valence-corrected chi connectivity index (χ0v) is 15.1. The summed E-state index contributed by atoms with van der Waals surface area (Å²) in [4.78, 5) is 45.7. The maximum Gasteiger partial charge on any atom is 0.326 e. The maximum absolute atomic E-state index is 11.7. The number of carboxylic acid groups (broad SMARTS) is 1. The SMILES string of the molecule is CC(C(=O)O)N(C)C(=O)CCOCCOCCNC(=O)C(N)CC(N)=O. The molecule has 11 nitrogen and oxygen atoms in total. The lowest BCUT2D eigenvalue weighted by atomic mass is 10.2. The van der Waals surface area contributed by atoms with Crippen molar-refractivity contribution in [2.75, 3.05) is 40.0 Å². The third-order valence-corrected chi connectivity index (χ3v) is 3.47. The molecule has 3 amide bonds. The Balaban J connectivity index is 3.62. The number of nitrogens with zero attached hydrogens (tertiary/aromatic N) is 1. The van der Waals surface area contributed by atoms with Crippen LogP contribution in [-0.2, 0) is 28.7 Å². The number of nitrogens with two attached hydrogens (primary N) is 2. The van der Waals surface area contributed by atoms with Crippen LogP contribution < -0.4 is 16.8 Å². The van der Waals surface area contributed by atoms with Crippen LogP contribution in [0.4, 0.5) is 0 Å². The number of aliphatic carboxylic acids is 1. The highest BCUT2D eigenvalue weighted by atomic mass is 16.5. The molecule has 150 valence electrons. The number of hydrogen-bond acceptors (Lipinski definition) is 7. The van der Waals surface area contributed by atoms with E-state index >= 15 is 0 Å². The molecular weight excluding hydrogens is 348 g/mol. The summed E-state index contributed by atoms with van der Waals surface area (Å²) < 4.78 is 10.4. The van der Waals surface area contributed by atoms with Gasteiger partial charge in [0.05, 0.1) is 45.3 Å². The van der Waals surface area contributed by atoms with Crippen LogP contribution in [0, 0.1) is 0 Å². The van der Waals surface area contributed by atoms with Crippen LogP contribution >= 0.6 is 0 Å². The summed E-state index contributed by atoms with van der Waals surface area (Å²) in [6.07, 6.45) is -0.151. The summed E-state index contributed by atoms with van der Waals surface area (Å²) in [6.45, 7) is 2.54. The molecule has 26 heavy (non-hydrogen) atoms. The number of nitrogens with one attached hydrogen (secondary N) is 1. The minimum absolute atomic E-state index is 0.0714. The quantitative estimate of drug-likeness (QED) is 0.244. The summed E-state index contributed by atoms with van der Waals surface area (Å²) in [5.74, 6) is -2.53. The molecule has 11 heteroatoms. The summed E-state index contributed by atoms with van der Waals surface area (Å²) in [7, 11) is 1.42. The van der Waals surface area contributed by atoms with E-state index in [-0.39, 0.29) is 51.7 Å². The van der Waals surface area contributed by atoms with Crippen molar-refractivity contribution < 1.29 is 33.8 Å². The Hall–Kier alpha value is -2.24. The van der Waals surface area contributed by atoms with Crippen LogP contribution in [0.25, 0.3) is 0 Å². The van der Waals surface area contributed by atoms with E-state index in [4.69, 9.17) is 26.0 Å². The van der Waals surface area contributed by atoms with Crippen LogP contribution in [0.3, 0.4) is 0 Å². The van der Waals surface area contributed by atoms with Gasteiger partial charge >= 0.3 is 5.97 Å². The lowest BCUT2D eigenvalue weighted by molar-refractivity contribution is -0.148. The number of ether oxygens (including phenoxy) is 2. The molecule has 0 aromatic rings. The van der Waals surface area contributed by atoms with Gasteiger partial charge in [-0.1, -0.05) is 0 Å². The molecule has 0 aromatic heterocycles. The van der Waals surface area contributed by atoms with Crippen molar-refractivity contribution in [2.45, 2.75) is 31.8 Å². The van der Waals surface area contributed by atoms with E-state index in [9.17, 15) is 19.2 Å². The number of likely N-dealkylation sites (N-methyl/N-ethyl adjacent to an activating group) is 1. The molecule has 0 bridgehead atoms. The molecule has 0 fully saturated rings. The van der Waals surface area contributed by atoms with Crippen molar-refractivity contribution in [1.82, 2.24) is 10.2 Å². The molecule has 0 saturated carbocycles. The van der Waals surface area contributed by atoms with Gasteiger partial charge in [-0.2, -0.15) is 0 Å². The third kappa shape index (κ3) is 10.6. The fourth-order valence-electron chi connectivity index (χ4n) is 1.73. The lowest BCUT2D eigenvalue weighted by Crippen LogP contribution is -2.44. The molecule has 0 heterocycles. The van der Waals surface area contributed by atoms with Crippen molar-refractivity contribution in [2.24, 2.45) is 11.5 Å². The van der Waals surface area contributed by atoms with Gasteiger partial charge in [-0.3, -0.25) is 14.4 Å². The van der Waals surface area contributed by atoms with Gasteiger partial charge in [-0.15, -0.1) is 0 Å². The zero-order valence-electron chi connectivity index (χ0n) is 15.1. The van der Waals surface area contributed by atoms with Gasteiger partial charge in [0.25, 0.3) is 0 Å². The average Bonchev–Trinajstić information content (AvgIpc) is 2.57. The van der Waals surface area contributed by atoms with Gasteiger partial charge in [0.2, 0.25) is 17.7 Å². The van der Waals surface area contributed by atoms with Crippen LogP contribution in [0.5, 0.6) is 0 Å². The molecular formula is C15H28N4O7. The number of primary amides is 1. The average molecular weight is 376 g/mol. The number of carboxylic acids is 1. The molecule has 6 N–H and O–H groups in total. The second-order valence-corrected chi connectivity index (χ2v) is 5.56. The Morgan fingerprint density at radius 2 is 1.69 bits per heavy atom. The smallest absolute Gasteiger partial charge is 0.326 e. The minimum Gasteiger partial charge on any atom is -0.480 e. The van der Waals surface area contributed by atoms with E-state index in [2.05, 4.69) is 5.32 Å². The second-order valence-electron chi connectivity index (χ2n) is 5.56. The highest BCUT2D eigenvalue weighted by Gasteiger charge is 2.21. The summed E-state index contributed by atoms with van der Waals surface area (Å²) in [5, 5.41) is 11.3. The first-order valence-electron chi connectivity index (χ1n) is 8.12. The lowest BCUT2D eigenvalue weighted by Gasteiger charge is -2.21. The number of amides is 3. The van der Waals surface area contributed by atoms with Crippen molar-refractivity contribution in [3.8, 4) is 0 Å². The number of carbonyl (C=O) groups excluding carboxylic acids is 3. The van der Waals surface area contributed by atoms with Gasteiger partial charge in [0, 0.05) is 13.6 Å². The fourth-order valence-corrected chi connectivity index (χ4v) is 1.73. The largest absolute Gasteiger partial charge is 0.480 e. The van der Waals surface area contributed by atoms with Crippen molar-refractivity contribution in [3.05, 3.63) is 0 Å². The molecule has 0 radical (unpaired) electrons. The number of rotatable bonds is 14. The molecule has 0 saturated heterocycles. The van der Waals surface area contributed by atoms with Crippen molar-refractivity contribution >= 4 is 23.7 Å². The van der Waals surface area contributed by atoms with E-state index in [0.717, 1.165) is 4.90 Å². The molecule has 0 rings (SSSR count). The summed E-state index contributed by atoms with van der Waals surface area (Å²) >= 11 is 0. The minimum atomic E-state index is -1.07. The van der Waals surface area contributed by atoms with Crippen LogP contribution in [0.2, 0.25) is 0 Å². The Labute approximate surface area is 152 Å². The molecule has 0 spiro atoms. The predicted octanol–water partition coefficient (Wildman–Crippen LogP) is -2.34. The topological polar surface area (TPSA) is 174 Å². The van der Waals surface area contributed by atoms with E-state index in [1.54, 1.807) is 0 Å². The molecule has 2 atom stereocenters. The molecule has 0 aliphatic rings. The van der Waals surface area contributed by atoms with Crippen molar-refractivity contribution in [1.29, 1.82) is 0 Å². The molecule has 0 aromatic carbocycles. The maximum atomic E-state index is 11.7. The monoisotopic (exact) mass is 376 g/mol. The first-order chi connectivity index (χ1) is 12.2. The number of hydrogen-bond donors (Lipinski definition) is 4. The van der Waals surface area contributed by atoms with Crippen molar-refractivity contribution in [3.63, 3.8) is 0 Å². The second kappa shape index (κ2) is 13.0. The van der Waals surface area contributed by atoms with E-state index in [1.807, 2.05) is 0 Å².